The minimum atomic E-state index is 0.117. The van der Waals surface area contributed by atoms with Crippen LogP contribution in [0.15, 0.2) is 30.7 Å². The number of amides is 1. The standard InChI is InChI=1S/C19H25N5O/c1-14-2-4-18(21-12-14)23-9-6-15(7-10-23)19(25)22-16-3-5-17-20-8-11-24(17)13-16/h2,4,8,11-12,15-16H,3,5-7,9-10,13H2,1H3,(H,22,25)/t16-/m1/s1. The molecule has 1 fully saturated rings. The van der Waals surface area contributed by atoms with Crippen LogP contribution in [-0.2, 0) is 17.8 Å². The van der Waals surface area contributed by atoms with Crippen molar-refractivity contribution < 1.29 is 4.79 Å². The Morgan fingerprint density at radius 2 is 2.04 bits per heavy atom. The number of hydrogen-bond acceptors (Lipinski definition) is 4. The predicted molar refractivity (Wildman–Crippen MR) is 96.4 cm³/mol. The van der Waals surface area contributed by atoms with Crippen LogP contribution < -0.4 is 10.2 Å². The zero-order valence-corrected chi connectivity index (χ0v) is 14.7. The molecule has 2 aliphatic rings. The number of aromatic nitrogens is 3. The summed E-state index contributed by atoms with van der Waals surface area (Å²) in [7, 11) is 0. The van der Waals surface area contributed by atoms with Crippen molar-refractivity contribution >= 4 is 11.7 Å². The fourth-order valence-electron chi connectivity index (χ4n) is 3.82. The first kappa shape index (κ1) is 16.1. The smallest absolute Gasteiger partial charge is 0.223 e. The normalized spacial score (nSPS) is 21.0. The quantitative estimate of drug-likeness (QED) is 0.928. The van der Waals surface area contributed by atoms with E-state index in [0.29, 0.717) is 0 Å². The molecule has 0 aliphatic carbocycles. The molecule has 2 aromatic rings. The molecular weight excluding hydrogens is 314 g/mol. The highest BCUT2D eigenvalue weighted by Crippen LogP contribution is 2.23. The molecule has 132 valence electrons. The van der Waals surface area contributed by atoms with Crippen LogP contribution in [0.5, 0.6) is 0 Å². The molecule has 0 bridgehead atoms. The molecule has 0 aromatic carbocycles. The number of fused-ring (bicyclic) bond motifs is 1. The second-order valence-corrected chi connectivity index (χ2v) is 7.20. The van der Waals surface area contributed by atoms with E-state index in [4.69, 9.17) is 0 Å². The molecule has 4 heterocycles. The molecule has 6 nitrogen and oxygen atoms in total. The summed E-state index contributed by atoms with van der Waals surface area (Å²) < 4.78 is 2.15. The number of anilines is 1. The summed E-state index contributed by atoms with van der Waals surface area (Å²) in [5.74, 6) is 2.48. The molecule has 0 spiro atoms. The lowest BCUT2D eigenvalue weighted by Gasteiger charge is -2.33. The van der Waals surface area contributed by atoms with Gasteiger partial charge >= 0.3 is 0 Å². The summed E-state index contributed by atoms with van der Waals surface area (Å²) >= 11 is 0. The largest absolute Gasteiger partial charge is 0.357 e. The predicted octanol–water partition coefficient (Wildman–Crippen LogP) is 1.93. The van der Waals surface area contributed by atoms with Crippen LogP contribution in [0.2, 0.25) is 0 Å². The van der Waals surface area contributed by atoms with Gasteiger partial charge in [-0.15, -0.1) is 0 Å². The van der Waals surface area contributed by atoms with Crippen LogP contribution in [0.25, 0.3) is 0 Å². The fraction of sp³-hybridized carbons (Fsp3) is 0.526. The SMILES string of the molecule is Cc1ccc(N2CCC(C(=O)N[C@@H]3CCc4nccn4C3)CC2)nc1. The lowest BCUT2D eigenvalue weighted by molar-refractivity contribution is -0.126. The lowest BCUT2D eigenvalue weighted by atomic mass is 9.95. The van der Waals surface area contributed by atoms with Gasteiger partial charge in [0.2, 0.25) is 5.91 Å². The zero-order chi connectivity index (χ0) is 17.2. The summed E-state index contributed by atoms with van der Waals surface area (Å²) in [6, 6.07) is 4.39. The Balaban J connectivity index is 1.29. The number of carbonyl (C=O) groups is 1. The number of piperidine rings is 1. The lowest BCUT2D eigenvalue weighted by Crippen LogP contribution is -2.46. The van der Waals surface area contributed by atoms with Gasteiger partial charge in [0.1, 0.15) is 11.6 Å². The Labute approximate surface area is 148 Å². The molecule has 0 unspecified atom stereocenters. The van der Waals surface area contributed by atoms with E-state index < -0.39 is 0 Å². The van der Waals surface area contributed by atoms with Gasteiger partial charge in [-0.2, -0.15) is 0 Å². The van der Waals surface area contributed by atoms with E-state index in [0.717, 1.165) is 57.0 Å². The molecule has 25 heavy (non-hydrogen) atoms. The first-order valence-corrected chi connectivity index (χ1v) is 9.17. The molecule has 2 aliphatic heterocycles. The van der Waals surface area contributed by atoms with Crippen LogP contribution in [0.3, 0.4) is 0 Å². The molecule has 0 radical (unpaired) electrons. The minimum absolute atomic E-state index is 0.117. The second kappa shape index (κ2) is 6.86. The summed E-state index contributed by atoms with van der Waals surface area (Å²) in [5.41, 5.74) is 1.17. The Hall–Kier alpha value is -2.37. The summed E-state index contributed by atoms with van der Waals surface area (Å²) in [6.45, 7) is 4.67. The van der Waals surface area contributed by atoms with Gasteiger partial charge in [0.15, 0.2) is 0 Å². The van der Waals surface area contributed by atoms with Crippen molar-refractivity contribution in [3.05, 3.63) is 42.1 Å². The van der Waals surface area contributed by atoms with Gasteiger partial charge in [-0.1, -0.05) is 6.07 Å². The molecule has 4 rings (SSSR count). The Kier molecular flexibility index (Phi) is 4.42. The van der Waals surface area contributed by atoms with Crippen LogP contribution in [0, 0.1) is 12.8 Å². The number of nitrogens with one attached hydrogen (secondary N) is 1. The average molecular weight is 339 g/mol. The first-order valence-electron chi connectivity index (χ1n) is 9.17. The van der Waals surface area contributed by atoms with E-state index in [1.807, 2.05) is 25.5 Å². The van der Waals surface area contributed by atoms with E-state index >= 15 is 0 Å². The molecule has 1 atom stereocenters. The third kappa shape index (κ3) is 3.52. The molecule has 6 heteroatoms. The number of nitrogens with zero attached hydrogens (tertiary/aromatic N) is 4. The van der Waals surface area contributed by atoms with Gasteiger partial charge in [-0.05, 0) is 37.8 Å². The average Bonchev–Trinajstić information content (AvgIpc) is 3.10. The van der Waals surface area contributed by atoms with Crippen molar-refractivity contribution in [2.75, 3.05) is 18.0 Å². The monoisotopic (exact) mass is 339 g/mol. The molecule has 2 aromatic heterocycles. The number of hydrogen-bond donors (Lipinski definition) is 1. The highest BCUT2D eigenvalue weighted by Gasteiger charge is 2.28. The van der Waals surface area contributed by atoms with E-state index in [1.165, 1.54) is 5.56 Å². The third-order valence-corrected chi connectivity index (χ3v) is 5.37. The summed E-state index contributed by atoms with van der Waals surface area (Å²) in [6.07, 6.45) is 9.45. The van der Waals surface area contributed by atoms with Crippen molar-refractivity contribution in [3.63, 3.8) is 0 Å². The van der Waals surface area contributed by atoms with Crippen LogP contribution >= 0.6 is 0 Å². The maximum absolute atomic E-state index is 12.6. The highest BCUT2D eigenvalue weighted by molar-refractivity contribution is 5.79. The summed E-state index contributed by atoms with van der Waals surface area (Å²) in [5, 5.41) is 3.26. The van der Waals surface area contributed by atoms with Gasteiger partial charge in [0.25, 0.3) is 0 Å². The molecule has 1 saturated heterocycles. The van der Waals surface area contributed by atoms with Crippen molar-refractivity contribution in [2.24, 2.45) is 5.92 Å². The van der Waals surface area contributed by atoms with E-state index in [1.54, 1.807) is 0 Å². The van der Waals surface area contributed by atoms with Crippen LogP contribution in [0.1, 0.15) is 30.7 Å². The Morgan fingerprint density at radius 3 is 2.80 bits per heavy atom. The second-order valence-electron chi connectivity index (χ2n) is 7.20. The van der Waals surface area contributed by atoms with Gasteiger partial charge in [0, 0.05) is 56.6 Å². The number of aryl methyl sites for hydroxylation is 2. The van der Waals surface area contributed by atoms with Crippen LogP contribution in [0.4, 0.5) is 5.82 Å². The number of carbonyl (C=O) groups excluding carboxylic acids is 1. The minimum Gasteiger partial charge on any atom is -0.357 e. The van der Waals surface area contributed by atoms with Crippen molar-refractivity contribution in [1.29, 1.82) is 0 Å². The maximum Gasteiger partial charge on any atom is 0.223 e. The number of imidazole rings is 1. The molecular formula is C19H25N5O. The zero-order valence-electron chi connectivity index (χ0n) is 14.7. The summed E-state index contributed by atoms with van der Waals surface area (Å²) in [4.78, 5) is 23.8. The highest BCUT2D eigenvalue weighted by atomic mass is 16.2. The van der Waals surface area contributed by atoms with Crippen molar-refractivity contribution in [3.8, 4) is 0 Å². The molecule has 1 N–H and O–H groups in total. The topological polar surface area (TPSA) is 63.1 Å². The van der Waals surface area contributed by atoms with Gasteiger partial charge < -0.3 is 14.8 Å². The van der Waals surface area contributed by atoms with Crippen molar-refractivity contribution in [2.45, 2.75) is 45.2 Å². The third-order valence-electron chi connectivity index (χ3n) is 5.37. The molecule has 0 saturated carbocycles. The fourth-order valence-corrected chi connectivity index (χ4v) is 3.82. The number of pyridine rings is 1. The van der Waals surface area contributed by atoms with Gasteiger partial charge in [-0.25, -0.2) is 9.97 Å². The van der Waals surface area contributed by atoms with Gasteiger partial charge in [0.05, 0.1) is 0 Å². The van der Waals surface area contributed by atoms with Gasteiger partial charge in [-0.3, -0.25) is 4.79 Å². The first-order chi connectivity index (χ1) is 12.2. The Bertz CT molecular complexity index is 731. The van der Waals surface area contributed by atoms with E-state index in [9.17, 15) is 4.79 Å². The van der Waals surface area contributed by atoms with E-state index in [2.05, 4.69) is 36.9 Å². The van der Waals surface area contributed by atoms with Crippen molar-refractivity contribution in [1.82, 2.24) is 19.9 Å². The van der Waals surface area contributed by atoms with E-state index in [-0.39, 0.29) is 17.9 Å². The Morgan fingerprint density at radius 1 is 1.20 bits per heavy atom. The number of rotatable bonds is 3. The van der Waals surface area contributed by atoms with Crippen LogP contribution in [-0.4, -0.2) is 39.6 Å². The molecule has 1 amide bonds. The maximum atomic E-state index is 12.6.